The van der Waals surface area contributed by atoms with Crippen LogP contribution >= 0.6 is 0 Å². The van der Waals surface area contributed by atoms with Crippen LogP contribution in [0.2, 0.25) is 0 Å². The number of hydrogen-bond donors (Lipinski definition) is 2. The molecule has 0 aromatic rings. The minimum Gasteiger partial charge on any atom is -0.370 e. The van der Waals surface area contributed by atoms with Crippen LogP contribution in [-0.2, 0) is 9.59 Å². The Kier molecular flexibility index (Phi) is 43.5. The standard InChI is InChI=1S/2C16H33NO.C2H4/c2*1-2-3-4-5-6-7-8-9-10-11-12-13-14-15-16(17)18;1-2/h2*2-15H2,1H3,(H2,17,18);1-2H2. The Labute approximate surface area is 239 Å². The third-order valence-electron chi connectivity index (χ3n) is 7.05. The Balaban J connectivity index is -0.000000605. The van der Waals surface area contributed by atoms with Crippen LogP contribution < -0.4 is 11.5 Å². The third-order valence-corrected chi connectivity index (χ3v) is 7.05. The van der Waals surface area contributed by atoms with Crippen LogP contribution in [0.25, 0.3) is 0 Å². The van der Waals surface area contributed by atoms with Crippen LogP contribution in [0, 0.1) is 0 Å². The molecule has 0 aliphatic rings. The average molecular weight is 539 g/mol. The van der Waals surface area contributed by atoms with Gasteiger partial charge in [0.25, 0.3) is 0 Å². The summed E-state index contributed by atoms with van der Waals surface area (Å²) in [5, 5.41) is 0. The molecule has 0 saturated carbocycles. The summed E-state index contributed by atoms with van der Waals surface area (Å²) in [4.78, 5) is 21.0. The van der Waals surface area contributed by atoms with Gasteiger partial charge in [0.15, 0.2) is 0 Å². The fraction of sp³-hybridized carbons (Fsp3) is 0.882. The van der Waals surface area contributed by atoms with E-state index in [4.69, 9.17) is 11.5 Å². The summed E-state index contributed by atoms with van der Waals surface area (Å²) in [6.07, 6.45) is 35.9. The van der Waals surface area contributed by atoms with Gasteiger partial charge in [0.05, 0.1) is 0 Å². The van der Waals surface area contributed by atoms with E-state index in [9.17, 15) is 9.59 Å². The molecule has 0 radical (unpaired) electrons. The number of hydrogen-bond acceptors (Lipinski definition) is 2. The van der Waals surface area contributed by atoms with E-state index in [0.29, 0.717) is 12.8 Å². The zero-order valence-corrected chi connectivity index (χ0v) is 26.2. The first-order valence-corrected chi connectivity index (χ1v) is 16.6. The van der Waals surface area contributed by atoms with Crippen molar-refractivity contribution in [3.8, 4) is 0 Å². The van der Waals surface area contributed by atoms with Gasteiger partial charge in [-0.25, -0.2) is 0 Å². The van der Waals surface area contributed by atoms with Gasteiger partial charge >= 0.3 is 0 Å². The number of carbonyl (C=O) groups excluding carboxylic acids is 2. The lowest BCUT2D eigenvalue weighted by molar-refractivity contribution is -0.119. The minimum absolute atomic E-state index is 0.155. The van der Waals surface area contributed by atoms with Crippen LogP contribution in [0.4, 0.5) is 0 Å². The molecule has 4 heteroatoms. The molecule has 0 aromatic heterocycles. The SMILES string of the molecule is C=C.CCCCCCCCCCCCCCCC(N)=O.CCCCCCCCCCCCCCCC(N)=O. The molecule has 4 N–H and O–H groups in total. The van der Waals surface area contributed by atoms with Crippen LogP contribution in [0.15, 0.2) is 13.2 Å². The third kappa shape index (κ3) is 47.8. The Morgan fingerprint density at radius 3 is 0.684 bits per heavy atom. The second kappa shape index (κ2) is 40.2. The monoisotopic (exact) mass is 539 g/mol. The maximum absolute atomic E-state index is 10.5. The van der Waals surface area contributed by atoms with E-state index in [2.05, 4.69) is 27.0 Å². The quantitative estimate of drug-likeness (QED) is 0.0766. The summed E-state index contributed by atoms with van der Waals surface area (Å²) in [7, 11) is 0. The fourth-order valence-electron chi connectivity index (χ4n) is 4.63. The van der Waals surface area contributed by atoms with Crippen molar-refractivity contribution < 1.29 is 9.59 Å². The molecule has 0 rings (SSSR count). The Morgan fingerprint density at radius 2 is 0.526 bits per heavy atom. The van der Waals surface area contributed by atoms with Gasteiger partial charge in [-0.15, -0.1) is 13.2 Å². The van der Waals surface area contributed by atoms with Crippen molar-refractivity contribution in [2.45, 2.75) is 194 Å². The number of rotatable bonds is 28. The molecule has 38 heavy (non-hydrogen) atoms. The lowest BCUT2D eigenvalue weighted by Crippen LogP contribution is -2.09. The smallest absolute Gasteiger partial charge is 0.217 e. The molecule has 0 fully saturated rings. The van der Waals surface area contributed by atoms with Gasteiger partial charge in [-0.2, -0.15) is 0 Å². The molecule has 2 amide bonds. The second-order valence-electron chi connectivity index (χ2n) is 10.9. The topological polar surface area (TPSA) is 86.2 Å². The van der Waals surface area contributed by atoms with Crippen LogP contribution in [-0.4, -0.2) is 11.8 Å². The van der Waals surface area contributed by atoms with Gasteiger partial charge < -0.3 is 11.5 Å². The highest BCUT2D eigenvalue weighted by Crippen LogP contribution is 2.14. The van der Waals surface area contributed by atoms with Crippen LogP contribution in [0.3, 0.4) is 0 Å². The predicted octanol–water partition coefficient (Wildman–Crippen LogP) is 10.7. The number of primary amides is 2. The summed E-state index contributed by atoms with van der Waals surface area (Å²) >= 11 is 0. The van der Waals surface area contributed by atoms with Gasteiger partial charge in [0.2, 0.25) is 11.8 Å². The summed E-state index contributed by atoms with van der Waals surface area (Å²) in [5.74, 6) is -0.309. The molecule has 0 unspecified atom stereocenters. The normalized spacial score (nSPS) is 10.3. The number of unbranched alkanes of at least 4 members (excludes halogenated alkanes) is 24. The summed E-state index contributed by atoms with van der Waals surface area (Å²) in [6.45, 7) is 10.5. The number of nitrogens with two attached hydrogens (primary N) is 2. The Morgan fingerprint density at radius 1 is 0.368 bits per heavy atom. The summed E-state index contributed by atoms with van der Waals surface area (Å²) in [5.41, 5.74) is 10.2. The average Bonchev–Trinajstić information content (AvgIpc) is 2.90. The van der Waals surface area contributed by atoms with E-state index < -0.39 is 0 Å². The van der Waals surface area contributed by atoms with Crippen LogP contribution in [0.5, 0.6) is 0 Å². The molecular weight excluding hydrogens is 468 g/mol. The lowest BCUT2D eigenvalue weighted by atomic mass is 10.0. The highest BCUT2D eigenvalue weighted by Gasteiger charge is 1.97. The molecule has 0 heterocycles. The zero-order chi connectivity index (χ0) is 29.0. The van der Waals surface area contributed by atoms with Crippen molar-refractivity contribution in [2.75, 3.05) is 0 Å². The fourth-order valence-corrected chi connectivity index (χ4v) is 4.63. The molecular formula is C34H70N2O2. The van der Waals surface area contributed by atoms with Crippen molar-refractivity contribution >= 4 is 11.8 Å². The first-order valence-electron chi connectivity index (χ1n) is 16.6. The van der Waals surface area contributed by atoms with E-state index in [0.717, 1.165) is 12.8 Å². The van der Waals surface area contributed by atoms with Gasteiger partial charge in [0.1, 0.15) is 0 Å². The first kappa shape index (κ1) is 41.2. The lowest BCUT2D eigenvalue weighted by Gasteiger charge is -2.02. The molecule has 0 atom stereocenters. The molecule has 0 aliphatic heterocycles. The van der Waals surface area contributed by atoms with Crippen molar-refractivity contribution in [1.82, 2.24) is 0 Å². The molecule has 4 nitrogen and oxygen atoms in total. The van der Waals surface area contributed by atoms with E-state index in [1.807, 2.05) is 0 Å². The maximum Gasteiger partial charge on any atom is 0.217 e. The number of amides is 2. The van der Waals surface area contributed by atoms with E-state index in [1.165, 1.54) is 154 Å². The van der Waals surface area contributed by atoms with Gasteiger partial charge in [-0.3, -0.25) is 9.59 Å². The van der Waals surface area contributed by atoms with Gasteiger partial charge in [0, 0.05) is 12.8 Å². The molecule has 0 aromatic carbocycles. The van der Waals surface area contributed by atoms with Crippen molar-refractivity contribution in [3.05, 3.63) is 13.2 Å². The van der Waals surface area contributed by atoms with Gasteiger partial charge in [-0.1, -0.05) is 168 Å². The Bertz CT molecular complexity index is 414. The molecule has 0 bridgehead atoms. The largest absolute Gasteiger partial charge is 0.370 e. The second-order valence-corrected chi connectivity index (χ2v) is 10.9. The summed E-state index contributed by atoms with van der Waals surface area (Å²) < 4.78 is 0. The Hall–Kier alpha value is -1.32. The molecule has 0 spiro atoms. The molecule has 0 saturated heterocycles. The van der Waals surface area contributed by atoms with Crippen molar-refractivity contribution in [2.24, 2.45) is 11.5 Å². The van der Waals surface area contributed by atoms with E-state index in [-0.39, 0.29) is 11.8 Å². The first-order chi connectivity index (χ1) is 18.5. The van der Waals surface area contributed by atoms with E-state index in [1.54, 1.807) is 0 Å². The number of carbonyl (C=O) groups is 2. The van der Waals surface area contributed by atoms with Gasteiger partial charge in [-0.05, 0) is 12.8 Å². The van der Waals surface area contributed by atoms with E-state index >= 15 is 0 Å². The van der Waals surface area contributed by atoms with Crippen LogP contribution in [0.1, 0.15) is 194 Å². The predicted molar refractivity (Wildman–Crippen MR) is 170 cm³/mol. The zero-order valence-electron chi connectivity index (χ0n) is 26.2. The maximum atomic E-state index is 10.5. The minimum atomic E-state index is -0.155. The highest BCUT2D eigenvalue weighted by atomic mass is 16.1. The molecule has 228 valence electrons. The molecule has 0 aliphatic carbocycles. The highest BCUT2D eigenvalue weighted by molar-refractivity contribution is 5.73. The van der Waals surface area contributed by atoms with Crippen molar-refractivity contribution in [1.29, 1.82) is 0 Å². The van der Waals surface area contributed by atoms with Crippen molar-refractivity contribution in [3.63, 3.8) is 0 Å². The summed E-state index contributed by atoms with van der Waals surface area (Å²) in [6, 6.07) is 0.